The third-order valence-corrected chi connectivity index (χ3v) is 7.95. The Morgan fingerprint density at radius 1 is 1.11 bits per heavy atom. The van der Waals surface area contributed by atoms with Crippen LogP contribution in [0.5, 0.6) is 5.75 Å². The van der Waals surface area contributed by atoms with Gasteiger partial charge in [-0.15, -0.1) is 11.3 Å². The van der Waals surface area contributed by atoms with E-state index in [4.69, 9.17) is 0 Å². The molecular weight excluding hydrogens is 352 g/mol. The maximum Gasteiger partial charge on any atom is 0.173 e. The Bertz CT molecular complexity index is 833. The molecule has 0 atom stereocenters. The van der Waals surface area contributed by atoms with E-state index in [1.807, 2.05) is 26.0 Å². The minimum Gasteiger partial charge on any atom is -0.507 e. The lowest BCUT2D eigenvalue weighted by molar-refractivity contribution is 0.0985. The molecular formula is C24H32O2S. The Hall–Kier alpha value is -1.61. The van der Waals surface area contributed by atoms with Crippen LogP contribution in [0, 0.1) is 26.2 Å². The van der Waals surface area contributed by atoms with Gasteiger partial charge in [0, 0.05) is 11.3 Å². The molecule has 1 heterocycles. The Morgan fingerprint density at radius 2 is 1.74 bits per heavy atom. The number of fused-ring (bicyclic) bond motifs is 1. The molecule has 2 nitrogen and oxygen atoms in total. The lowest BCUT2D eigenvalue weighted by Gasteiger charge is -2.36. The Balaban J connectivity index is 1.77. The smallest absolute Gasteiger partial charge is 0.173 e. The minimum atomic E-state index is 0.285. The summed E-state index contributed by atoms with van der Waals surface area (Å²) < 4.78 is 0. The van der Waals surface area contributed by atoms with Crippen LogP contribution in [0.3, 0.4) is 0 Å². The Morgan fingerprint density at radius 3 is 2.33 bits per heavy atom. The highest BCUT2D eigenvalue weighted by Crippen LogP contribution is 2.45. The lowest BCUT2D eigenvalue weighted by Crippen LogP contribution is -2.27. The first-order valence-electron chi connectivity index (χ1n) is 10.2. The maximum atomic E-state index is 13.0. The van der Waals surface area contributed by atoms with Crippen LogP contribution < -0.4 is 0 Å². The van der Waals surface area contributed by atoms with Gasteiger partial charge in [-0.25, -0.2) is 0 Å². The highest BCUT2D eigenvalue weighted by atomic mass is 32.1. The zero-order valence-corrected chi connectivity index (χ0v) is 18.2. The maximum absolute atomic E-state index is 13.0. The predicted molar refractivity (Wildman–Crippen MR) is 114 cm³/mol. The van der Waals surface area contributed by atoms with Crippen molar-refractivity contribution in [3.63, 3.8) is 0 Å². The number of rotatable bonds is 6. The monoisotopic (exact) mass is 384 g/mol. The molecule has 3 rings (SSSR count). The van der Waals surface area contributed by atoms with E-state index in [1.165, 1.54) is 35.3 Å². The largest absolute Gasteiger partial charge is 0.507 e. The number of benzene rings is 1. The summed E-state index contributed by atoms with van der Waals surface area (Å²) in [6.07, 6.45) is 7.13. The molecule has 0 radical (unpaired) electrons. The van der Waals surface area contributed by atoms with E-state index >= 15 is 0 Å². The number of aryl methyl sites for hydroxylation is 4. The highest BCUT2D eigenvalue weighted by Gasteiger charge is 2.35. The number of Topliss-reactive ketones (excluding diaryl/α,β-unsaturated/α-hetero) is 1. The molecule has 0 saturated heterocycles. The van der Waals surface area contributed by atoms with Crippen molar-refractivity contribution < 1.29 is 9.90 Å². The first-order valence-corrected chi connectivity index (χ1v) is 11.0. The topological polar surface area (TPSA) is 37.3 Å². The number of hydrogen-bond acceptors (Lipinski definition) is 3. The summed E-state index contributed by atoms with van der Waals surface area (Å²) in [4.78, 5) is 15.4. The molecule has 1 aliphatic carbocycles. The SMILES string of the molecule is CCC1(CC)CCc2c(C(=O)CCc3cc(C)c(O)c(C)c3)sc(C)c2C1. The van der Waals surface area contributed by atoms with Crippen molar-refractivity contribution in [3.05, 3.63) is 49.7 Å². The van der Waals surface area contributed by atoms with Crippen molar-refractivity contribution in [1.82, 2.24) is 0 Å². The quantitative estimate of drug-likeness (QED) is 0.578. The van der Waals surface area contributed by atoms with E-state index in [0.29, 0.717) is 17.6 Å². The first kappa shape index (κ1) is 20.1. The molecule has 0 amide bonds. The van der Waals surface area contributed by atoms with Crippen LogP contribution in [-0.4, -0.2) is 10.9 Å². The molecule has 0 unspecified atom stereocenters. The summed E-state index contributed by atoms with van der Waals surface area (Å²) in [6.45, 7) is 10.6. The predicted octanol–water partition coefficient (Wildman–Crippen LogP) is 6.49. The van der Waals surface area contributed by atoms with Gasteiger partial charge >= 0.3 is 0 Å². The van der Waals surface area contributed by atoms with Gasteiger partial charge in [-0.3, -0.25) is 4.79 Å². The van der Waals surface area contributed by atoms with Crippen LogP contribution in [0.4, 0.5) is 0 Å². The van der Waals surface area contributed by atoms with Crippen molar-refractivity contribution >= 4 is 17.1 Å². The molecule has 27 heavy (non-hydrogen) atoms. The van der Waals surface area contributed by atoms with Gasteiger partial charge in [0.15, 0.2) is 5.78 Å². The van der Waals surface area contributed by atoms with Crippen molar-refractivity contribution in [2.45, 2.75) is 79.6 Å². The van der Waals surface area contributed by atoms with Crippen LogP contribution in [0.15, 0.2) is 12.1 Å². The Labute approximate surface area is 167 Å². The van der Waals surface area contributed by atoms with Gasteiger partial charge in [0.2, 0.25) is 0 Å². The number of phenolic OH excluding ortho intramolecular Hbond substituents is 1. The molecule has 0 bridgehead atoms. The first-order chi connectivity index (χ1) is 12.8. The van der Waals surface area contributed by atoms with Crippen LogP contribution in [0.25, 0.3) is 0 Å². The molecule has 1 aromatic heterocycles. The van der Waals surface area contributed by atoms with Crippen molar-refractivity contribution in [2.24, 2.45) is 5.41 Å². The van der Waals surface area contributed by atoms with Gasteiger partial charge in [0.25, 0.3) is 0 Å². The molecule has 3 heteroatoms. The van der Waals surface area contributed by atoms with E-state index < -0.39 is 0 Å². The van der Waals surface area contributed by atoms with Gasteiger partial charge in [0.05, 0.1) is 4.88 Å². The molecule has 146 valence electrons. The number of aromatic hydroxyl groups is 1. The number of thiophene rings is 1. The fraction of sp³-hybridized carbons (Fsp3) is 0.542. The molecule has 0 saturated carbocycles. The summed E-state index contributed by atoms with van der Waals surface area (Å²) in [5.74, 6) is 0.650. The van der Waals surface area contributed by atoms with Gasteiger partial charge in [-0.05, 0) is 79.7 Å². The van der Waals surface area contributed by atoms with Gasteiger partial charge in [0.1, 0.15) is 5.75 Å². The molecule has 0 aliphatic heterocycles. The lowest BCUT2D eigenvalue weighted by atomic mass is 9.68. The van der Waals surface area contributed by atoms with Gasteiger partial charge in [-0.1, -0.05) is 38.8 Å². The normalized spacial score (nSPS) is 15.6. The zero-order chi connectivity index (χ0) is 19.8. The van der Waals surface area contributed by atoms with Crippen molar-refractivity contribution in [1.29, 1.82) is 0 Å². The minimum absolute atomic E-state index is 0.285. The van der Waals surface area contributed by atoms with Gasteiger partial charge in [-0.2, -0.15) is 0 Å². The fourth-order valence-corrected chi connectivity index (χ4v) is 5.80. The summed E-state index contributed by atoms with van der Waals surface area (Å²) in [5, 5.41) is 9.94. The molecule has 2 aromatic rings. The second kappa shape index (κ2) is 7.79. The third kappa shape index (κ3) is 3.85. The average Bonchev–Trinajstić information content (AvgIpc) is 2.99. The fourth-order valence-electron chi connectivity index (χ4n) is 4.62. The standard InChI is InChI=1S/C24H32O2S/c1-6-24(7-2)11-10-19-20(14-24)17(5)27-23(19)21(25)9-8-18-12-15(3)22(26)16(4)13-18/h12-13,26H,6-11,14H2,1-5H3. The summed E-state index contributed by atoms with van der Waals surface area (Å²) in [5.41, 5.74) is 6.15. The van der Waals surface area contributed by atoms with E-state index in [0.717, 1.165) is 40.8 Å². The van der Waals surface area contributed by atoms with E-state index in [1.54, 1.807) is 11.3 Å². The number of hydrogen-bond donors (Lipinski definition) is 1. The van der Waals surface area contributed by atoms with E-state index in [2.05, 4.69) is 20.8 Å². The number of phenols is 1. The molecule has 0 spiro atoms. The Kier molecular flexibility index (Phi) is 5.81. The van der Waals surface area contributed by atoms with Crippen LogP contribution in [0.2, 0.25) is 0 Å². The summed E-state index contributed by atoms with van der Waals surface area (Å²) >= 11 is 1.71. The van der Waals surface area contributed by atoms with E-state index in [9.17, 15) is 9.90 Å². The molecule has 0 fully saturated rings. The molecule has 1 aromatic carbocycles. The van der Waals surface area contributed by atoms with Crippen LogP contribution in [-0.2, 0) is 19.3 Å². The molecule has 1 N–H and O–H groups in total. The average molecular weight is 385 g/mol. The van der Waals surface area contributed by atoms with Crippen molar-refractivity contribution in [2.75, 3.05) is 0 Å². The number of carbonyl (C=O) groups excluding carboxylic acids is 1. The second-order valence-electron chi connectivity index (χ2n) is 8.33. The zero-order valence-electron chi connectivity index (χ0n) is 17.4. The highest BCUT2D eigenvalue weighted by molar-refractivity contribution is 7.14. The summed E-state index contributed by atoms with van der Waals surface area (Å²) in [7, 11) is 0. The van der Waals surface area contributed by atoms with E-state index in [-0.39, 0.29) is 5.78 Å². The van der Waals surface area contributed by atoms with Crippen LogP contribution in [0.1, 0.15) is 81.9 Å². The second-order valence-corrected chi connectivity index (χ2v) is 9.55. The number of carbonyl (C=O) groups is 1. The number of ketones is 1. The van der Waals surface area contributed by atoms with Crippen molar-refractivity contribution in [3.8, 4) is 5.75 Å². The summed E-state index contributed by atoms with van der Waals surface area (Å²) in [6, 6.07) is 4.00. The van der Waals surface area contributed by atoms with Crippen LogP contribution >= 0.6 is 11.3 Å². The third-order valence-electron chi connectivity index (χ3n) is 6.72. The molecule has 1 aliphatic rings. The van der Waals surface area contributed by atoms with Gasteiger partial charge < -0.3 is 5.11 Å².